The number of anilines is 1. The number of aliphatic hydroxyl groups excluding tert-OH is 2. The SMILES string of the molecule is C.CC(C)(O)c1cc(CO)cc(Cc2ccc3ncc(Cl)cc3c2)n1.COC(=O)c1cc(CO)cc(Cc2ccc3ncc(Cl)cc3c2)n1.Cc1cc(N)nc(C)c1CNC(=O)c1cc(Cc2ccc3ncc(Cl)cc3c2)nc(C(C)(C)O)c1. The van der Waals surface area contributed by atoms with Crippen molar-refractivity contribution in [2.24, 2.45) is 0 Å². The molecule has 0 spiro atoms. The number of rotatable bonds is 14. The molecule has 10 rings (SSSR count). The van der Waals surface area contributed by atoms with E-state index in [1.165, 1.54) is 13.2 Å². The maximum absolute atomic E-state index is 13.1. The van der Waals surface area contributed by atoms with E-state index in [9.17, 15) is 30.0 Å². The van der Waals surface area contributed by atoms with Gasteiger partial charge in [-0.3, -0.25) is 29.7 Å². The predicted molar refractivity (Wildman–Crippen MR) is 331 cm³/mol. The Kier molecular flexibility index (Phi) is 20.8. The molecule has 0 fully saturated rings. The molecule has 0 aliphatic carbocycles. The van der Waals surface area contributed by atoms with Crippen LogP contribution in [0.15, 0.2) is 134 Å². The quantitative estimate of drug-likeness (QED) is 0.0554. The minimum Gasteiger partial charge on any atom is -0.464 e. The molecule has 7 aromatic heterocycles. The zero-order valence-electron chi connectivity index (χ0n) is 46.8. The number of carbonyl (C=O) groups excluding carboxylic acids is 2. The lowest BCUT2D eigenvalue weighted by Crippen LogP contribution is -2.26. The van der Waals surface area contributed by atoms with Gasteiger partial charge >= 0.3 is 5.97 Å². The summed E-state index contributed by atoms with van der Waals surface area (Å²) in [4.78, 5) is 55.5. The van der Waals surface area contributed by atoms with Gasteiger partial charge in [-0.15, -0.1) is 0 Å². The Morgan fingerprint density at radius 3 is 1.42 bits per heavy atom. The number of hydrogen-bond acceptors (Lipinski definition) is 15. The lowest BCUT2D eigenvalue weighted by molar-refractivity contribution is 0.0592. The Morgan fingerprint density at radius 2 is 0.988 bits per heavy atom. The van der Waals surface area contributed by atoms with Gasteiger partial charge in [0.25, 0.3) is 5.91 Å². The number of aryl methyl sites for hydroxylation is 2. The van der Waals surface area contributed by atoms with E-state index in [1.807, 2.05) is 92.7 Å². The lowest BCUT2D eigenvalue weighted by atomic mass is 9.99. The van der Waals surface area contributed by atoms with Crippen molar-refractivity contribution >= 4 is 85.2 Å². The summed E-state index contributed by atoms with van der Waals surface area (Å²) in [6, 6.07) is 35.4. The summed E-state index contributed by atoms with van der Waals surface area (Å²) in [7, 11) is 1.30. The number of amides is 1. The number of benzene rings is 3. The van der Waals surface area contributed by atoms with Gasteiger partial charge in [-0.1, -0.05) is 60.4 Å². The normalized spacial score (nSPS) is 11.3. The fraction of sp³-hybridized carbons (Fsp3) is 0.246. The van der Waals surface area contributed by atoms with Crippen LogP contribution in [0.3, 0.4) is 0 Å². The molecule has 0 aliphatic heterocycles. The molecule has 7 heterocycles. The van der Waals surface area contributed by atoms with Gasteiger partial charge in [0.05, 0.1) is 63.3 Å². The Balaban J connectivity index is 0.000000185. The highest BCUT2D eigenvalue weighted by Crippen LogP contribution is 2.27. The number of carbonyl (C=O) groups is 2. The van der Waals surface area contributed by atoms with E-state index in [0.29, 0.717) is 80.6 Å². The van der Waals surface area contributed by atoms with Crippen LogP contribution in [-0.2, 0) is 55.0 Å². The number of halogens is 3. The number of nitrogens with zero attached hydrogens (tertiary/aromatic N) is 7. The first-order valence-electron chi connectivity index (χ1n) is 26.3. The predicted octanol–water partition coefficient (Wildman–Crippen LogP) is 12.0. The summed E-state index contributed by atoms with van der Waals surface area (Å²) in [6.45, 7) is 10.5. The fourth-order valence-electron chi connectivity index (χ4n) is 9.16. The van der Waals surface area contributed by atoms with E-state index >= 15 is 0 Å². The molecular weight excluding hydrogens is 1130 g/mol. The molecule has 10 aromatic rings. The monoisotopic (exact) mass is 1190 g/mol. The lowest BCUT2D eigenvalue weighted by Gasteiger charge is -2.19. The summed E-state index contributed by atoms with van der Waals surface area (Å²) in [5.41, 5.74) is 17.0. The third-order valence-electron chi connectivity index (χ3n) is 13.3. The second-order valence-corrected chi connectivity index (χ2v) is 22.4. The molecule has 1 amide bonds. The molecule has 84 heavy (non-hydrogen) atoms. The van der Waals surface area contributed by atoms with Crippen molar-refractivity contribution in [3.8, 4) is 0 Å². The van der Waals surface area contributed by atoms with Crippen molar-refractivity contribution in [2.45, 2.75) is 99.2 Å². The van der Waals surface area contributed by atoms with Gasteiger partial charge < -0.3 is 36.2 Å². The van der Waals surface area contributed by atoms with Gasteiger partial charge in [-0.25, -0.2) is 14.8 Å². The first-order valence-corrected chi connectivity index (χ1v) is 27.5. The first-order chi connectivity index (χ1) is 39.4. The Hall–Kier alpha value is -8.06. The molecule has 0 aliphatic rings. The average Bonchev–Trinajstić information content (AvgIpc) is 3.13. The van der Waals surface area contributed by atoms with Crippen LogP contribution in [0.25, 0.3) is 32.7 Å². The zero-order chi connectivity index (χ0) is 59.8. The second-order valence-electron chi connectivity index (χ2n) is 21.0. The zero-order valence-corrected chi connectivity index (χ0v) is 49.1. The van der Waals surface area contributed by atoms with Crippen LogP contribution < -0.4 is 11.1 Å². The third-order valence-corrected chi connectivity index (χ3v) is 13.9. The smallest absolute Gasteiger partial charge is 0.356 e. The molecule has 0 atom stereocenters. The molecular formula is C65H66Cl3N9O7. The van der Waals surface area contributed by atoms with Crippen LogP contribution in [0, 0.1) is 13.8 Å². The number of nitrogen functional groups attached to an aromatic ring is 1. The number of aromatic nitrogens is 7. The number of ether oxygens (including phenoxy) is 1. The van der Waals surface area contributed by atoms with Crippen molar-refractivity contribution in [1.82, 2.24) is 40.2 Å². The average molecular weight is 1190 g/mol. The summed E-state index contributed by atoms with van der Waals surface area (Å²) in [5, 5.41) is 47.2. The Morgan fingerprint density at radius 1 is 0.560 bits per heavy atom. The van der Waals surface area contributed by atoms with Gasteiger partial charge in [0.2, 0.25) is 0 Å². The van der Waals surface area contributed by atoms with Crippen LogP contribution in [0.2, 0.25) is 15.1 Å². The molecule has 0 radical (unpaired) electrons. The van der Waals surface area contributed by atoms with E-state index in [0.717, 1.165) is 77.5 Å². The second kappa shape index (κ2) is 27.6. The van der Waals surface area contributed by atoms with Gasteiger partial charge in [-0.2, -0.15) is 0 Å². The standard InChI is InChI=1S/C27H28ClN5O2.C19H19ClN2O2.C18H15ClN2O3.CH4/c1-15-7-25(29)32-16(2)22(15)14-31-26(34)19-11-21(33-24(12-19)27(3,4)35)9-17-5-6-23-18(8-17)10-20(28)13-30-23;1-19(2,24)18-8-13(11-23)7-16(22-18)6-12-3-4-17-14(5-12)9-15(20)10-21-17;1-24-18(23)17-7-12(10-22)6-15(21-17)5-11-2-3-16-13(4-11)8-14(19)9-20-16;/h5-8,10-13,35H,9,14H2,1-4H3,(H2,29,32)(H,31,34);3-5,7-10,23-24H,6,11H2,1-2H3;2-4,6-9,22H,5,10H2,1H3;1H4. The van der Waals surface area contributed by atoms with Crippen LogP contribution in [0.1, 0.15) is 129 Å². The molecule has 434 valence electrons. The van der Waals surface area contributed by atoms with E-state index in [4.69, 9.17) is 45.3 Å². The van der Waals surface area contributed by atoms with Crippen LogP contribution in [-0.4, -0.2) is 74.3 Å². The van der Waals surface area contributed by atoms with Crippen LogP contribution >= 0.6 is 34.8 Å². The molecule has 0 saturated carbocycles. The van der Waals surface area contributed by atoms with Crippen molar-refractivity contribution in [3.05, 3.63) is 233 Å². The van der Waals surface area contributed by atoms with Gasteiger partial charge in [0.1, 0.15) is 22.7 Å². The number of nitrogens with one attached hydrogen (secondary N) is 1. The Bertz CT molecular complexity index is 4020. The van der Waals surface area contributed by atoms with Crippen LogP contribution in [0.4, 0.5) is 5.82 Å². The number of fused-ring (bicyclic) bond motifs is 3. The fourth-order valence-corrected chi connectivity index (χ4v) is 9.65. The maximum atomic E-state index is 13.1. The minimum absolute atomic E-state index is 0. The largest absolute Gasteiger partial charge is 0.464 e. The summed E-state index contributed by atoms with van der Waals surface area (Å²) in [5.74, 6) is -0.333. The van der Waals surface area contributed by atoms with Gasteiger partial charge in [0.15, 0.2) is 0 Å². The van der Waals surface area contributed by atoms with Crippen molar-refractivity contribution < 1.29 is 34.8 Å². The number of pyridine rings is 7. The van der Waals surface area contributed by atoms with E-state index in [1.54, 1.807) is 76.6 Å². The summed E-state index contributed by atoms with van der Waals surface area (Å²) >= 11 is 18.1. The molecule has 3 aromatic carbocycles. The summed E-state index contributed by atoms with van der Waals surface area (Å²) in [6.07, 6.45) is 6.45. The van der Waals surface area contributed by atoms with Gasteiger partial charge in [0, 0.05) is 88.9 Å². The number of aliphatic hydroxyl groups is 4. The van der Waals surface area contributed by atoms with Crippen molar-refractivity contribution in [3.63, 3.8) is 0 Å². The topological polar surface area (TPSA) is 253 Å². The van der Waals surface area contributed by atoms with E-state index < -0.39 is 17.2 Å². The number of methoxy groups -OCH3 is 1. The highest BCUT2D eigenvalue weighted by Gasteiger charge is 2.23. The van der Waals surface area contributed by atoms with E-state index in [2.05, 4.69) is 40.2 Å². The van der Waals surface area contributed by atoms with E-state index in [-0.39, 0.29) is 32.2 Å². The molecule has 0 unspecified atom stereocenters. The molecule has 0 saturated heterocycles. The van der Waals surface area contributed by atoms with Gasteiger partial charge in [-0.05, 0) is 178 Å². The molecule has 0 bridgehead atoms. The number of esters is 1. The van der Waals surface area contributed by atoms with Crippen molar-refractivity contribution in [2.75, 3.05) is 12.8 Å². The van der Waals surface area contributed by atoms with Crippen molar-refractivity contribution in [1.29, 1.82) is 0 Å². The highest BCUT2D eigenvalue weighted by molar-refractivity contribution is 6.31. The number of nitrogens with two attached hydrogens (primary N) is 1. The van der Waals surface area contributed by atoms with Crippen LogP contribution in [0.5, 0.6) is 0 Å². The minimum atomic E-state index is -1.21. The number of hydrogen-bond donors (Lipinski definition) is 6. The first kappa shape index (κ1) is 63.5. The highest BCUT2D eigenvalue weighted by atomic mass is 35.5. The third kappa shape index (κ3) is 16.8. The molecule has 16 nitrogen and oxygen atoms in total. The summed E-state index contributed by atoms with van der Waals surface area (Å²) < 4.78 is 4.71. The maximum Gasteiger partial charge on any atom is 0.356 e. The molecule has 19 heteroatoms. The molecule has 7 N–H and O–H groups in total. The Labute approximate surface area is 502 Å².